The zero-order valence-electron chi connectivity index (χ0n) is 11.0. The van der Waals surface area contributed by atoms with Crippen molar-refractivity contribution in [2.45, 2.75) is 78.6 Å². The first-order chi connectivity index (χ1) is 7.19. The number of hydrogen-bond donors (Lipinski definition) is 0. The highest BCUT2D eigenvalue weighted by Crippen LogP contribution is 2.40. The summed E-state index contributed by atoms with van der Waals surface area (Å²) >= 11 is 0. The van der Waals surface area contributed by atoms with Gasteiger partial charge < -0.3 is 0 Å². The molecule has 0 bridgehead atoms. The van der Waals surface area contributed by atoms with Gasteiger partial charge in [-0.25, -0.2) is 0 Å². The number of hydrogen-bond acceptors (Lipinski definition) is 0. The average molecular weight is 209 g/mol. The fraction of sp³-hybridized carbons (Fsp3) is 0.933. The molecule has 0 aliphatic heterocycles. The SMILES string of the molecule is CC[CH]C1(C)CCCCCCCCC1C. The Labute approximate surface area is 96.8 Å². The summed E-state index contributed by atoms with van der Waals surface area (Å²) in [6, 6.07) is 0. The van der Waals surface area contributed by atoms with Crippen LogP contribution in [0.2, 0.25) is 0 Å². The van der Waals surface area contributed by atoms with Gasteiger partial charge in [0, 0.05) is 0 Å². The fourth-order valence-electron chi connectivity index (χ4n) is 3.01. The molecule has 0 aromatic rings. The van der Waals surface area contributed by atoms with Crippen LogP contribution in [-0.4, -0.2) is 0 Å². The Balaban J connectivity index is 2.53. The molecule has 0 amide bonds. The minimum atomic E-state index is 0.520. The Hall–Kier alpha value is 0. The number of rotatable bonds is 2. The predicted octanol–water partition coefficient (Wildman–Crippen LogP) is 5.38. The van der Waals surface area contributed by atoms with Gasteiger partial charge in [-0.3, -0.25) is 0 Å². The molecule has 0 aromatic heterocycles. The first-order valence-electron chi connectivity index (χ1n) is 7.03. The summed E-state index contributed by atoms with van der Waals surface area (Å²) in [4.78, 5) is 0. The Bertz CT molecular complexity index is 161. The summed E-state index contributed by atoms with van der Waals surface area (Å²) < 4.78 is 0. The van der Waals surface area contributed by atoms with Crippen molar-refractivity contribution in [3.8, 4) is 0 Å². The van der Waals surface area contributed by atoms with Crippen LogP contribution in [0.5, 0.6) is 0 Å². The molecule has 0 heterocycles. The van der Waals surface area contributed by atoms with Crippen LogP contribution in [0.25, 0.3) is 0 Å². The van der Waals surface area contributed by atoms with Crippen LogP contribution in [0.15, 0.2) is 0 Å². The first-order valence-corrected chi connectivity index (χ1v) is 7.03. The van der Waals surface area contributed by atoms with Crippen molar-refractivity contribution in [1.29, 1.82) is 0 Å². The second-order valence-electron chi connectivity index (χ2n) is 5.68. The summed E-state index contributed by atoms with van der Waals surface area (Å²) in [5, 5.41) is 0. The van der Waals surface area contributed by atoms with E-state index in [0.717, 1.165) is 5.92 Å². The molecular formula is C15H29. The summed E-state index contributed by atoms with van der Waals surface area (Å²) in [6.45, 7) is 7.24. The van der Waals surface area contributed by atoms with Gasteiger partial charge in [0.25, 0.3) is 0 Å². The van der Waals surface area contributed by atoms with Gasteiger partial charge in [-0.2, -0.15) is 0 Å². The second kappa shape index (κ2) is 6.55. The van der Waals surface area contributed by atoms with Crippen LogP contribution in [0.3, 0.4) is 0 Å². The fourth-order valence-corrected chi connectivity index (χ4v) is 3.01. The molecule has 1 saturated carbocycles. The van der Waals surface area contributed by atoms with Crippen LogP contribution in [0, 0.1) is 17.8 Å². The van der Waals surface area contributed by atoms with Gasteiger partial charge in [0.15, 0.2) is 0 Å². The smallest absolute Gasteiger partial charge is 0.0269 e. The van der Waals surface area contributed by atoms with Crippen molar-refractivity contribution in [2.75, 3.05) is 0 Å². The van der Waals surface area contributed by atoms with E-state index >= 15 is 0 Å². The van der Waals surface area contributed by atoms with Gasteiger partial charge in [-0.15, -0.1) is 0 Å². The maximum atomic E-state index is 2.58. The molecule has 1 radical (unpaired) electrons. The largest absolute Gasteiger partial charge is 0.0651 e. The molecule has 1 aliphatic carbocycles. The molecule has 0 N–H and O–H groups in total. The molecule has 0 heteroatoms. The molecule has 15 heavy (non-hydrogen) atoms. The monoisotopic (exact) mass is 209 g/mol. The lowest BCUT2D eigenvalue weighted by molar-refractivity contribution is 0.196. The predicted molar refractivity (Wildman–Crippen MR) is 68.8 cm³/mol. The first kappa shape index (κ1) is 13.1. The van der Waals surface area contributed by atoms with Crippen molar-refractivity contribution in [1.82, 2.24) is 0 Å². The molecular weight excluding hydrogens is 180 g/mol. The van der Waals surface area contributed by atoms with Crippen molar-refractivity contribution in [2.24, 2.45) is 11.3 Å². The molecule has 89 valence electrons. The second-order valence-corrected chi connectivity index (χ2v) is 5.68. The van der Waals surface area contributed by atoms with Gasteiger partial charge in [0.1, 0.15) is 0 Å². The maximum Gasteiger partial charge on any atom is -0.0269 e. The third kappa shape index (κ3) is 4.17. The van der Waals surface area contributed by atoms with E-state index < -0.39 is 0 Å². The maximum absolute atomic E-state index is 2.58. The quantitative estimate of drug-likeness (QED) is 0.573. The molecule has 1 rings (SSSR count). The van der Waals surface area contributed by atoms with E-state index in [1.165, 1.54) is 57.8 Å². The lowest BCUT2D eigenvalue weighted by Gasteiger charge is -2.36. The van der Waals surface area contributed by atoms with Crippen molar-refractivity contribution in [3.63, 3.8) is 0 Å². The van der Waals surface area contributed by atoms with E-state index in [2.05, 4.69) is 27.2 Å². The average Bonchev–Trinajstić information content (AvgIpc) is 2.21. The summed E-state index contributed by atoms with van der Waals surface area (Å²) in [5.41, 5.74) is 0.520. The molecule has 0 nitrogen and oxygen atoms in total. The van der Waals surface area contributed by atoms with E-state index in [1.54, 1.807) is 0 Å². The molecule has 0 aromatic carbocycles. The minimum Gasteiger partial charge on any atom is -0.0651 e. The third-order valence-corrected chi connectivity index (χ3v) is 4.40. The Morgan fingerprint density at radius 3 is 2.33 bits per heavy atom. The van der Waals surface area contributed by atoms with Crippen molar-refractivity contribution in [3.05, 3.63) is 6.42 Å². The zero-order valence-corrected chi connectivity index (χ0v) is 11.0. The van der Waals surface area contributed by atoms with E-state index in [1.807, 2.05) is 0 Å². The third-order valence-electron chi connectivity index (χ3n) is 4.40. The lowest BCUT2D eigenvalue weighted by Crippen LogP contribution is -2.26. The van der Waals surface area contributed by atoms with Crippen LogP contribution >= 0.6 is 0 Å². The standard InChI is InChI=1S/C15H29/c1-4-12-15(3)13-10-8-6-5-7-9-11-14(15)2/h12,14H,4-11,13H2,1-3H3. The lowest BCUT2D eigenvalue weighted by atomic mass is 9.69. The van der Waals surface area contributed by atoms with E-state index in [0.29, 0.717) is 5.41 Å². The van der Waals surface area contributed by atoms with Gasteiger partial charge in [0.2, 0.25) is 0 Å². The highest BCUT2D eigenvalue weighted by atomic mass is 14.3. The molecule has 2 unspecified atom stereocenters. The molecule has 0 spiro atoms. The van der Waals surface area contributed by atoms with E-state index in [4.69, 9.17) is 0 Å². The molecule has 2 atom stereocenters. The van der Waals surface area contributed by atoms with Crippen LogP contribution < -0.4 is 0 Å². The highest BCUT2D eigenvalue weighted by molar-refractivity contribution is 4.91. The molecule has 1 fully saturated rings. The molecule has 0 saturated heterocycles. The van der Waals surface area contributed by atoms with Gasteiger partial charge in [-0.1, -0.05) is 72.1 Å². The molecule has 1 aliphatic rings. The Morgan fingerprint density at radius 1 is 1.07 bits per heavy atom. The van der Waals surface area contributed by atoms with Crippen LogP contribution in [0.4, 0.5) is 0 Å². The summed E-state index contributed by atoms with van der Waals surface area (Å²) in [7, 11) is 0. The zero-order chi connectivity index (χ0) is 11.1. The topological polar surface area (TPSA) is 0 Å². The van der Waals surface area contributed by atoms with E-state index in [9.17, 15) is 0 Å². The summed E-state index contributed by atoms with van der Waals surface area (Å²) in [6.07, 6.45) is 15.4. The van der Waals surface area contributed by atoms with Crippen LogP contribution in [0.1, 0.15) is 78.6 Å². The van der Waals surface area contributed by atoms with Gasteiger partial charge in [0.05, 0.1) is 0 Å². The van der Waals surface area contributed by atoms with Crippen molar-refractivity contribution >= 4 is 0 Å². The van der Waals surface area contributed by atoms with Crippen LogP contribution in [-0.2, 0) is 0 Å². The highest BCUT2D eigenvalue weighted by Gasteiger charge is 2.29. The Morgan fingerprint density at radius 2 is 1.67 bits per heavy atom. The summed E-state index contributed by atoms with van der Waals surface area (Å²) in [5.74, 6) is 0.885. The van der Waals surface area contributed by atoms with E-state index in [-0.39, 0.29) is 0 Å². The van der Waals surface area contributed by atoms with Crippen molar-refractivity contribution < 1.29 is 0 Å². The Kier molecular flexibility index (Phi) is 5.71. The normalized spacial score (nSPS) is 35.0. The van der Waals surface area contributed by atoms with Gasteiger partial charge >= 0.3 is 0 Å². The van der Waals surface area contributed by atoms with Gasteiger partial charge in [-0.05, 0) is 24.2 Å². The minimum absolute atomic E-state index is 0.520.